The number of para-hydroxylation sites is 1. The van der Waals surface area contributed by atoms with E-state index in [9.17, 15) is 9.59 Å². The number of hydrogen-bond acceptors (Lipinski definition) is 5. The highest BCUT2D eigenvalue weighted by Crippen LogP contribution is 2.21. The Morgan fingerprint density at radius 3 is 2.77 bits per heavy atom. The number of rotatable bonds is 5. The predicted octanol–water partition coefficient (Wildman–Crippen LogP) is 2.20. The number of amides is 1. The lowest BCUT2D eigenvalue weighted by atomic mass is 10.1. The lowest BCUT2D eigenvalue weighted by molar-refractivity contribution is -0.133. The number of fused-ring (bicyclic) bond motifs is 1. The van der Waals surface area contributed by atoms with Crippen LogP contribution in [0.4, 0.5) is 0 Å². The first kappa shape index (κ1) is 21.0. The van der Waals surface area contributed by atoms with E-state index in [1.54, 1.807) is 17.0 Å². The maximum Gasteiger partial charge on any atom is 0.261 e. The fourth-order valence-electron chi connectivity index (χ4n) is 4.94. The summed E-state index contributed by atoms with van der Waals surface area (Å²) in [6.07, 6.45) is 4.45. The Kier molecular flexibility index (Phi) is 6.20. The molecular formula is C23H32N4O3. The van der Waals surface area contributed by atoms with Crippen molar-refractivity contribution in [3.63, 3.8) is 0 Å². The summed E-state index contributed by atoms with van der Waals surface area (Å²) < 4.78 is 7.40. The lowest BCUT2D eigenvalue weighted by Gasteiger charge is -2.38. The monoisotopic (exact) mass is 412 g/mol. The summed E-state index contributed by atoms with van der Waals surface area (Å²) in [6.45, 7) is 10.1. The van der Waals surface area contributed by atoms with Crippen molar-refractivity contribution in [3.8, 4) is 0 Å². The minimum atomic E-state index is -0.0780. The summed E-state index contributed by atoms with van der Waals surface area (Å²) in [5.74, 6) is 0.128. The zero-order chi connectivity index (χ0) is 21.3. The minimum absolute atomic E-state index is 0.0780. The topological polar surface area (TPSA) is 67.7 Å². The SMILES string of the molecule is Cc1cccc2c(=O)n(CCC(=O)N3CCCC3CN3CC(C)OC(C)C3)cnc12. The fourth-order valence-corrected chi connectivity index (χ4v) is 4.94. The van der Waals surface area contributed by atoms with Crippen LogP contribution in [0.5, 0.6) is 0 Å². The molecule has 7 nitrogen and oxygen atoms in total. The molecule has 0 aliphatic carbocycles. The Morgan fingerprint density at radius 1 is 1.23 bits per heavy atom. The van der Waals surface area contributed by atoms with E-state index in [1.807, 2.05) is 24.0 Å². The number of benzene rings is 1. The summed E-state index contributed by atoms with van der Waals surface area (Å²) in [5, 5.41) is 0.611. The highest BCUT2D eigenvalue weighted by Gasteiger charge is 2.32. The van der Waals surface area contributed by atoms with Gasteiger partial charge in [-0.25, -0.2) is 4.98 Å². The highest BCUT2D eigenvalue weighted by molar-refractivity contribution is 5.80. The summed E-state index contributed by atoms with van der Waals surface area (Å²) in [6, 6.07) is 5.88. The van der Waals surface area contributed by atoms with Gasteiger partial charge in [0.1, 0.15) is 0 Å². The molecule has 1 aromatic carbocycles. The summed E-state index contributed by atoms with van der Waals surface area (Å²) in [4.78, 5) is 34.6. The van der Waals surface area contributed by atoms with Crippen molar-refractivity contribution in [2.75, 3.05) is 26.2 Å². The molecule has 0 saturated carbocycles. The number of hydrogen-bond donors (Lipinski definition) is 0. The third kappa shape index (κ3) is 4.42. The molecule has 2 saturated heterocycles. The van der Waals surface area contributed by atoms with Gasteiger partial charge in [-0.15, -0.1) is 0 Å². The number of likely N-dealkylation sites (tertiary alicyclic amines) is 1. The van der Waals surface area contributed by atoms with Gasteiger partial charge in [0.25, 0.3) is 5.56 Å². The van der Waals surface area contributed by atoms with Crippen LogP contribution in [0.2, 0.25) is 0 Å². The van der Waals surface area contributed by atoms with E-state index in [4.69, 9.17) is 4.74 Å². The first-order valence-electron chi connectivity index (χ1n) is 11.0. The van der Waals surface area contributed by atoms with Crippen molar-refractivity contribution in [2.45, 2.75) is 64.8 Å². The highest BCUT2D eigenvalue weighted by atomic mass is 16.5. The van der Waals surface area contributed by atoms with Crippen molar-refractivity contribution < 1.29 is 9.53 Å². The molecule has 162 valence electrons. The van der Waals surface area contributed by atoms with Gasteiger partial charge >= 0.3 is 0 Å². The van der Waals surface area contributed by atoms with Crippen LogP contribution < -0.4 is 5.56 Å². The lowest BCUT2D eigenvalue weighted by Crippen LogP contribution is -2.51. The molecule has 4 rings (SSSR count). The zero-order valence-corrected chi connectivity index (χ0v) is 18.2. The Bertz CT molecular complexity index is 963. The van der Waals surface area contributed by atoms with Crippen molar-refractivity contribution in [1.29, 1.82) is 0 Å². The van der Waals surface area contributed by atoms with Gasteiger partial charge in [0, 0.05) is 45.2 Å². The molecule has 0 bridgehead atoms. The third-order valence-electron chi connectivity index (χ3n) is 6.28. The van der Waals surface area contributed by atoms with E-state index >= 15 is 0 Å². The van der Waals surface area contributed by atoms with Gasteiger partial charge < -0.3 is 9.64 Å². The molecule has 30 heavy (non-hydrogen) atoms. The molecule has 3 heterocycles. The summed E-state index contributed by atoms with van der Waals surface area (Å²) in [5.41, 5.74) is 1.64. The average Bonchev–Trinajstić information content (AvgIpc) is 3.15. The van der Waals surface area contributed by atoms with E-state index in [0.717, 1.165) is 50.1 Å². The number of nitrogens with zero attached hydrogens (tertiary/aromatic N) is 4. The van der Waals surface area contributed by atoms with Crippen LogP contribution in [-0.2, 0) is 16.1 Å². The largest absolute Gasteiger partial charge is 0.373 e. The minimum Gasteiger partial charge on any atom is -0.373 e. The van der Waals surface area contributed by atoms with Crippen molar-refractivity contribution >= 4 is 16.8 Å². The Morgan fingerprint density at radius 2 is 2.00 bits per heavy atom. The van der Waals surface area contributed by atoms with Crippen LogP contribution >= 0.6 is 0 Å². The number of aryl methyl sites for hydroxylation is 2. The molecular weight excluding hydrogens is 380 g/mol. The number of ether oxygens (including phenoxy) is 1. The second kappa shape index (κ2) is 8.86. The van der Waals surface area contributed by atoms with Gasteiger partial charge in [-0.05, 0) is 45.2 Å². The first-order valence-corrected chi connectivity index (χ1v) is 11.0. The molecule has 2 fully saturated rings. The van der Waals surface area contributed by atoms with Crippen LogP contribution in [0.15, 0.2) is 29.3 Å². The smallest absolute Gasteiger partial charge is 0.261 e. The zero-order valence-electron chi connectivity index (χ0n) is 18.2. The van der Waals surface area contributed by atoms with E-state index in [0.29, 0.717) is 18.4 Å². The third-order valence-corrected chi connectivity index (χ3v) is 6.28. The second-order valence-electron chi connectivity index (χ2n) is 8.82. The number of carbonyl (C=O) groups is 1. The van der Waals surface area contributed by atoms with Gasteiger partial charge in [-0.2, -0.15) is 0 Å². The number of aromatic nitrogens is 2. The van der Waals surface area contributed by atoms with Gasteiger partial charge in [0.15, 0.2) is 0 Å². The molecule has 0 radical (unpaired) electrons. The molecule has 3 atom stereocenters. The van der Waals surface area contributed by atoms with E-state index in [1.165, 1.54) is 0 Å². The van der Waals surface area contributed by atoms with Gasteiger partial charge in [0.2, 0.25) is 5.91 Å². The number of carbonyl (C=O) groups excluding carboxylic acids is 1. The van der Waals surface area contributed by atoms with Crippen molar-refractivity contribution in [1.82, 2.24) is 19.4 Å². The average molecular weight is 413 g/mol. The maximum absolute atomic E-state index is 13.0. The van der Waals surface area contributed by atoms with Crippen LogP contribution in [0, 0.1) is 6.92 Å². The molecule has 0 spiro atoms. The molecule has 2 aromatic rings. The van der Waals surface area contributed by atoms with E-state index < -0.39 is 0 Å². The van der Waals surface area contributed by atoms with Crippen LogP contribution in [0.1, 0.15) is 38.7 Å². The van der Waals surface area contributed by atoms with E-state index in [2.05, 4.69) is 23.7 Å². The van der Waals surface area contributed by atoms with E-state index in [-0.39, 0.29) is 29.7 Å². The van der Waals surface area contributed by atoms with Crippen LogP contribution in [0.25, 0.3) is 10.9 Å². The number of morpholine rings is 1. The van der Waals surface area contributed by atoms with Crippen LogP contribution in [0.3, 0.4) is 0 Å². The maximum atomic E-state index is 13.0. The second-order valence-corrected chi connectivity index (χ2v) is 8.82. The molecule has 2 aliphatic rings. The van der Waals surface area contributed by atoms with Gasteiger partial charge in [-0.1, -0.05) is 12.1 Å². The molecule has 7 heteroatoms. The normalized spacial score (nSPS) is 25.2. The molecule has 2 aliphatic heterocycles. The molecule has 0 N–H and O–H groups in total. The summed E-state index contributed by atoms with van der Waals surface area (Å²) in [7, 11) is 0. The van der Waals surface area contributed by atoms with Crippen molar-refractivity contribution in [3.05, 3.63) is 40.4 Å². The van der Waals surface area contributed by atoms with Gasteiger partial charge in [0.05, 0.1) is 29.4 Å². The Hall–Kier alpha value is -2.25. The first-order chi connectivity index (χ1) is 14.4. The molecule has 1 amide bonds. The van der Waals surface area contributed by atoms with Crippen molar-refractivity contribution in [2.24, 2.45) is 0 Å². The summed E-state index contributed by atoms with van der Waals surface area (Å²) >= 11 is 0. The quantitative estimate of drug-likeness (QED) is 0.753. The Balaban J connectivity index is 1.39. The predicted molar refractivity (Wildman–Crippen MR) is 117 cm³/mol. The van der Waals surface area contributed by atoms with Gasteiger partial charge in [-0.3, -0.25) is 19.1 Å². The fraction of sp³-hybridized carbons (Fsp3) is 0.609. The molecule has 1 aromatic heterocycles. The molecule has 3 unspecified atom stereocenters. The Labute approximate surface area is 177 Å². The van der Waals surface area contributed by atoms with Crippen LogP contribution in [-0.4, -0.2) is 69.7 Å². The standard InChI is InChI=1S/C23H32N4O3/c1-16-6-4-8-20-22(16)24-15-26(23(20)29)11-9-21(28)27-10-5-7-19(27)14-25-12-17(2)30-18(3)13-25/h4,6,8,15,17-19H,5,7,9-14H2,1-3H3.